The van der Waals surface area contributed by atoms with Crippen molar-refractivity contribution in [2.24, 2.45) is 11.7 Å². The number of halogens is 1. The van der Waals surface area contributed by atoms with Gasteiger partial charge in [-0.15, -0.1) is 0 Å². The van der Waals surface area contributed by atoms with E-state index in [9.17, 15) is 5.11 Å². The Morgan fingerprint density at radius 2 is 2.18 bits per heavy atom. The molecule has 1 aliphatic rings. The number of aliphatic hydroxyl groups excluding tert-OH is 1. The predicted octanol–water partition coefficient (Wildman–Crippen LogP) is 2.01. The Labute approximate surface area is 107 Å². The van der Waals surface area contributed by atoms with Crippen molar-refractivity contribution < 1.29 is 5.11 Å². The summed E-state index contributed by atoms with van der Waals surface area (Å²) in [5, 5.41) is 10.0. The summed E-state index contributed by atoms with van der Waals surface area (Å²) in [7, 11) is 2.06. The Balaban J connectivity index is 2.05. The molecule has 0 radical (unpaired) electrons. The van der Waals surface area contributed by atoms with E-state index in [1.54, 1.807) is 0 Å². The third kappa shape index (κ3) is 2.92. The molecule has 3 nitrogen and oxygen atoms in total. The van der Waals surface area contributed by atoms with Gasteiger partial charge in [0.05, 0.1) is 6.10 Å². The molecule has 1 aromatic carbocycles. The van der Waals surface area contributed by atoms with Crippen LogP contribution in [0.2, 0.25) is 5.02 Å². The highest BCUT2D eigenvalue weighted by Gasteiger charge is 2.28. The van der Waals surface area contributed by atoms with Crippen molar-refractivity contribution in [3.63, 3.8) is 0 Å². The molecule has 0 heterocycles. The molecule has 1 saturated carbocycles. The minimum Gasteiger partial charge on any atom is -0.393 e. The van der Waals surface area contributed by atoms with Gasteiger partial charge in [0.25, 0.3) is 0 Å². The van der Waals surface area contributed by atoms with Crippen molar-refractivity contribution in [2.75, 3.05) is 18.5 Å². The van der Waals surface area contributed by atoms with Crippen LogP contribution in [0.15, 0.2) is 18.2 Å². The van der Waals surface area contributed by atoms with Gasteiger partial charge in [-0.1, -0.05) is 11.6 Å². The quantitative estimate of drug-likeness (QED) is 0.864. The Hall–Kier alpha value is -0.770. The van der Waals surface area contributed by atoms with Crippen LogP contribution < -0.4 is 10.6 Å². The van der Waals surface area contributed by atoms with Crippen LogP contribution in [0.5, 0.6) is 0 Å². The van der Waals surface area contributed by atoms with Gasteiger partial charge in [0.2, 0.25) is 0 Å². The van der Waals surface area contributed by atoms with Crippen LogP contribution in [0, 0.1) is 5.92 Å². The Kier molecular flexibility index (Phi) is 3.92. The highest BCUT2D eigenvalue weighted by molar-refractivity contribution is 6.30. The lowest BCUT2D eigenvalue weighted by atomic mass is 9.82. The van der Waals surface area contributed by atoms with Crippen LogP contribution >= 0.6 is 11.6 Å². The summed E-state index contributed by atoms with van der Waals surface area (Å²) in [6.45, 7) is 1.46. The molecule has 94 valence electrons. The maximum absolute atomic E-state index is 9.28. The van der Waals surface area contributed by atoms with Gasteiger partial charge in [-0.3, -0.25) is 0 Å². The van der Waals surface area contributed by atoms with E-state index in [0.717, 1.165) is 35.7 Å². The largest absolute Gasteiger partial charge is 0.393 e. The highest BCUT2D eigenvalue weighted by atomic mass is 35.5. The van der Waals surface area contributed by atoms with Crippen LogP contribution in [-0.2, 0) is 6.54 Å². The van der Waals surface area contributed by atoms with Gasteiger partial charge in [0.1, 0.15) is 0 Å². The number of hydrogen-bond donors (Lipinski definition) is 2. The van der Waals surface area contributed by atoms with Gasteiger partial charge in [-0.2, -0.15) is 0 Å². The second kappa shape index (κ2) is 5.25. The Morgan fingerprint density at radius 1 is 1.47 bits per heavy atom. The second-order valence-corrected chi connectivity index (χ2v) is 5.29. The summed E-state index contributed by atoms with van der Waals surface area (Å²) in [5.41, 5.74) is 7.94. The Bertz CT molecular complexity index is 391. The average Bonchev–Trinajstić information content (AvgIpc) is 2.26. The molecular weight excluding hydrogens is 236 g/mol. The van der Waals surface area contributed by atoms with Gasteiger partial charge >= 0.3 is 0 Å². The van der Waals surface area contributed by atoms with Gasteiger partial charge in [0.15, 0.2) is 0 Å². The van der Waals surface area contributed by atoms with Crippen molar-refractivity contribution in [1.29, 1.82) is 0 Å². The zero-order valence-electron chi connectivity index (χ0n) is 10.1. The fraction of sp³-hybridized carbons (Fsp3) is 0.538. The van der Waals surface area contributed by atoms with E-state index < -0.39 is 0 Å². The molecule has 0 saturated heterocycles. The predicted molar refractivity (Wildman–Crippen MR) is 71.3 cm³/mol. The lowest BCUT2D eigenvalue weighted by Gasteiger charge is -2.35. The first-order valence-corrected chi connectivity index (χ1v) is 6.35. The van der Waals surface area contributed by atoms with E-state index >= 15 is 0 Å². The van der Waals surface area contributed by atoms with Crippen LogP contribution in [0.3, 0.4) is 0 Å². The Morgan fingerprint density at radius 3 is 2.76 bits per heavy atom. The summed E-state index contributed by atoms with van der Waals surface area (Å²) in [6, 6.07) is 5.82. The van der Waals surface area contributed by atoms with Gasteiger partial charge in [0, 0.05) is 30.8 Å². The van der Waals surface area contributed by atoms with E-state index in [2.05, 4.69) is 11.9 Å². The number of nitrogens with zero attached hydrogens (tertiary/aromatic N) is 1. The molecule has 0 aliphatic heterocycles. The molecule has 4 heteroatoms. The number of aliphatic hydroxyl groups is 1. The van der Waals surface area contributed by atoms with Crippen molar-refractivity contribution >= 4 is 17.3 Å². The molecule has 0 unspecified atom stereocenters. The van der Waals surface area contributed by atoms with Crippen LogP contribution in [0.1, 0.15) is 18.4 Å². The van der Waals surface area contributed by atoms with Gasteiger partial charge in [-0.25, -0.2) is 0 Å². The number of nitrogens with two attached hydrogens (primary N) is 1. The standard InChI is InChI=1S/C13H19ClN2O/c1-16(8-9-4-12(17)5-9)13-3-2-11(14)6-10(13)7-15/h2-3,6,9,12,17H,4-5,7-8,15H2,1H3. The van der Waals surface area contributed by atoms with Crippen molar-refractivity contribution in [2.45, 2.75) is 25.5 Å². The van der Waals surface area contributed by atoms with Crippen molar-refractivity contribution in [3.8, 4) is 0 Å². The average molecular weight is 255 g/mol. The molecule has 0 atom stereocenters. The first-order valence-electron chi connectivity index (χ1n) is 5.98. The third-order valence-electron chi connectivity index (χ3n) is 3.42. The maximum atomic E-state index is 9.28. The van der Waals surface area contributed by atoms with E-state index in [-0.39, 0.29) is 6.10 Å². The molecule has 17 heavy (non-hydrogen) atoms. The third-order valence-corrected chi connectivity index (χ3v) is 3.65. The zero-order valence-corrected chi connectivity index (χ0v) is 10.8. The lowest BCUT2D eigenvalue weighted by Crippen LogP contribution is -2.37. The summed E-state index contributed by atoms with van der Waals surface area (Å²) in [5.74, 6) is 0.594. The molecule has 0 amide bonds. The number of hydrogen-bond acceptors (Lipinski definition) is 3. The van der Waals surface area contributed by atoms with Crippen LogP contribution in [0.25, 0.3) is 0 Å². The lowest BCUT2D eigenvalue weighted by molar-refractivity contribution is 0.0464. The van der Waals surface area contributed by atoms with Gasteiger partial charge < -0.3 is 15.7 Å². The molecule has 3 N–H and O–H groups in total. The number of anilines is 1. The topological polar surface area (TPSA) is 49.5 Å². The molecule has 0 aromatic heterocycles. The molecular formula is C13H19ClN2O. The molecule has 1 aliphatic carbocycles. The molecule has 2 rings (SSSR count). The smallest absolute Gasteiger partial charge is 0.0546 e. The molecule has 1 fully saturated rings. The van der Waals surface area contributed by atoms with E-state index in [0.29, 0.717) is 12.5 Å². The SMILES string of the molecule is CN(CC1CC(O)C1)c1ccc(Cl)cc1CN. The van der Waals surface area contributed by atoms with Crippen LogP contribution in [-0.4, -0.2) is 24.8 Å². The molecule has 1 aromatic rings. The fourth-order valence-corrected chi connectivity index (χ4v) is 2.62. The minimum atomic E-state index is -0.0902. The number of benzene rings is 1. The van der Waals surface area contributed by atoms with Crippen molar-refractivity contribution in [1.82, 2.24) is 0 Å². The number of rotatable bonds is 4. The monoisotopic (exact) mass is 254 g/mol. The van der Waals surface area contributed by atoms with Crippen LogP contribution in [0.4, 0.5) is 5.69 Å². The zero-order chi connectivity index (χ0) is 12.4. The summed E-state index contributed by atoms with van der Waals surface area (Å²) in [4.78, 5) is 2.20. The summed E-state index contributed by atoms with van der Waals surface area (Å²) in [6.07, 6.45) is 1.73. The van der Waals surface area contributed by atoms with E-state index in [4.69, 9.17) is 17.3 Å². The first kappa shape index (κ1) is 12.7. The highest BCUT2D eigenvalue weighted by Crippen LogP contribution is 2.30. The summed E-state index contributed by atoms with van der Waals surface area (Å²) >= 11 is 5.96. The summed E-state index contributed by atoms with van der Waals surface area (Å²) < 4.78 is 0. The van der Waals surface area contributed by atoms with Crippen molar-refractivity contribution in [3.05, 3.63) is 28.8 Å². The normalized spacial score (nSPS) is 23.3. The molecule has 0 bridgehead atoms. The van der Waals surface area contributed by atoms with E-state index in [1.165, 1.54) is 0 Å². The van der Waals surface area contributed by atoms with Gasteiger partial charge in [-0.05, 0) is 42.5 Å². The maximum Gasteiger partial charge on any atom is 0.0546 e. The molecule has 0 spiro atoms. The van der Waals surface area contributed by atoms with E-state index in [1.807, 2.05) is 18.2 Å². The minimum absolute atomic E-state index is 0.0902. The second-order valence-electron chi connectivity index (χ2n) is 4.85. The fourth-order valence-electron chi connectivity index (χ4n) is 2.43. The first-order chi connectivity index (χ1) is 8.10.